The number of hydrogen-bond acceptors (Lipinski definition) is 3. The minimum absolute atomic E-state index is 0.0520. The minimum Gasteiger partial charge on any atom is -0.306 e. The molecule has 1 aromatic heterocycles. The van der Waals surface area contributed by atoms with Gasteiger partial charge in [-0.1, -0.05) is 12.1 Å². The molecule has 2 aromatic carbocycles. The fourth-order valence-electron chi connectivity index (χ4n) is 4.15. The van der Waals surface area contributed by atoms with Crippen molar-refractivity contribution in [2.24, 2.45) is 0 Å². The molecule has 7 heteroatoms. The number of rotatable bonds is 6. The highest BCUT2D eigenvalue weighted by Crippen LogP contribution is 2.25. The van der Waals surface area contributed by atoms with E-state index in [9.17, 15) is 18.4 Å². The molecule has 0 spiro atoms. The molecule has 1 aliphatic heterocycles. The summed E-state index contributed by atoms with van der Waals surface area (Å²) in [6, 6.07) is 10.9. The van der Waals surface area contributed by atoms with Gasteiger partial charge in [-0.2, -0.15) is 0 Å². The Morgan fingerprint density at radius 1 is 1.10 bits per heavy atom. The molecule has 3 aromatic rings. The zero-order chi connectivity index (χ0) is 20.4. The number of ketones is 1. The van der Waals surface area contributed by atoms with Crippen molar-refractivity contribution in [2.45, 2.75) is 31.7 Å². The number of piperidine rings is 1. The van der Waals surface area contributed by atoms with Gasteiger partial charge in [-0.05, 0) is 50.1 Å². The monoisotopic (exact) mass is 399 g/mol. The van der Waals surface area contributed by atoms with Gasteiger partial charge in [0.25, 0.3) is 0 Å². The summed E-state index contributed by atoms with van der Waals surface area (Å²) in [4.78, 5) is 29.7. The summed E-state index contributed by atoms with van der Waals surface area (Å²) in [6.45, 7) is 2.43. The Balaban J connectivity index is 1.29. The normalized spacial score (nSPS) is 15.8. The maximum atomic E-state index is 13.7. The van der Waals surface area contributed by atoms with E-state index in [1.165, 1.54) is 6.07 Å². The number of nitrogens with zero attached hydrogens (tertiary/aromatic N) is 2. The lowest BCUT2D eigenvalue weighted by Gasteiger charge is -2.32. The first kappa shape index (κ1) is 19.5. The van der Waals surface area contributed by atoms with Crippen LogP contribution in [-0.2, 0) is 0 Å². The van der Waals surface area contributed by atoms with Gasteiger partial charge < -0.3 is 9.88 Å². The van der Waals surface area contributed by atoms with Crippen molar-refractivity contribution in [1.29, 1.82) is 0 Å². The number of aromatic amines is 1. The van der Waals surface area contributed by atoms with Gasteiger partial charge in [0.15, 0.2) is 5.78 Å². The smallest absolute Gasteiger partial charge is 0.306 e. The SMILES string of the molecule is O=C(CCCN1CCC(n2c(=O)[nH]c3ccccc32)CC1)c1ccc(F)cc1F. The second-order valence-corrected chi connectivity index (χ2v) is 7.54. The number of imidazole rings is 1. The van der Waals surface area contributed by atoms with Gasteiger partial charge >= 0.3 is 5.69 Å². The van der Waals surface area contributed by atoms with Crippen LogP contribution in [0.5, 0.6) is 0 Å². The van der Waals surface area contributed by atoms with Crippen LogP contribution in [0.1, 0.15) is 42.1 Å². The Hall–Kier alpha value is -2.80. The molecule has 0 saturated carbocycles. The van der Waals surface area contributed by atoms with Gasteiger partial charge in [0, 0.05) is 31.6 Å². The van der Waals surface area contributed by atoms with E-state index in [0.717, 1.165) is 55.6 Å². The zero-order valence-corrected chi connectivity index (χ0v) is 16.0. The molecule has 29 heavy (non-hydrogen) atoms. The second-order valence-electron chi connectivity index (χ2n) is 7.54. The number of benzene rings is 2. The molecule has 0 aliphatic carbocycles. The summed E-state index contributed by atoms with van der Waals surface area (Å²) in [5.41, 5.74) is 1.66. The predicted molar refractivity (Wildman–Crippen MR) is 107 cm³/mol. The first-order valence-corrected chi connectivity index (χ1v) is 9.93. The molecule has 152 valence electrons. The van der Waals surface area contributed by atoms with Crippen LogP contribution in [0, 0.1) is 11.6 Å². The Morgan fingerprint density at radius 3 is 2.62 bits per heavy atom. The van der Waals surface area contributed by atoms with E-state index in [0.29, 0.717) is 6.42 Å². The molecule has 1 aliphatic rings. The maximum absolute atomic E-state index is 13.7. The number of carbonyl (C=O) groups excluding carboxylic acids is 1. The van der Waals surface area contributed by atoms with E-state index < -0.39 is 11.6 Å². The molecular formula is C22H23F2N3O2. The first-order valence-electron chi connectivity index (χ1n) is 9.93. The number of Topliss-reactive ketones (excluding diaryl/α,β-unsaturated/α-hetero) is 1. The molecule has 0 atom stereocenters. The highest BCUT2D eigenvalue weighted by molar-refractivity contribution is 5.96. The molecule has 1 saturated heterocycles. The first-order chi connectivity index (χ1) is 14.0. The van der Waals surface area contributed by atoms with Crippen molar-refractivity contribution in [3.05, 3.63) is 70.1 Å². The fourth-order valence-corrected chi connectivity index (χ4v) is 4.15. The van der Waals surface area contributed by atoms with Crippen LogP contribution in [0.25, 0.3) is 11.0 Å². The van der Waals surface area contributed by atoms with Crippen LogP contribution in [0.2, 0.25) is 0 Å². The van der Waals surface area contributed by atoms with E-state index in [-0.39, 0.29) is 29.5 Å². The number of nitrogens with one attached hydrogen (secondary N) is 1. The van der Waals surface area contributed by atoms with Crippen molar-refractivity contribution in [3.8, 4) is 0 Å². The highest BCUT2D eigenvalue weighted by Gasteiger charge is 2.23. The summed E-state index contributed by atoms with van der Waals surface area (Å²) in [5.74, 6) is -1.79. The number of likely N-dealkylation sites (tertiary alicyclic amines) is 1. The molecule has 0 bridgehead atoms. The van der Waals surface area contributed by atoms with Gasteiger partial charge in [0.2, 0.25) is 0 Å². The number of para-hydroxylation sites is 2. The quantitative estimate of drug-likeness (QED) is 0.640. The second kappa shape index (κ2) is 8.29. The third-order valence-electron chi connectivity index (χ3n) is 5.66. The highest BCUT2D eigenvalue weighted by atomic mass is 19.1. The van der Waals surface area contributed by atoms with E-state index in [4.69, 9.17) is 0 Å². The minimum atomic E-state index is -0.806. The Morgan fingerprint density at radius 2 is 1.86 bits per heavy atom. The van der Waals surface area contributed by atoms with Crippen LogP contribution < -0.4 is 5.69 Å². The average molecular weight is 399 g/mol. The number of hydrogen-bond donors (Lipinski definition) is 1. The Labute approximate surface area is 167 Å². The van der Waals surface area contributed by atoms with Crippen LogP contribution in [0.4, 0.5) is 8.78 Å². The maximum Gasteiger partial charge on any atom is 0.326 e. The number of fused-ring (bicyclic) bond motifs is 1. The van der Waals surface area contributed by atoms with Crippen molar-refractivity contribution in [3.63, 3.8) is 0 Å². The molecule has 0 amide bonds. The van der Waals surface area contributed by atoms with E-state index in [1.54, 1.807) is 0 Å². The number of H-pyrrole nitrogens is 1. The van der Waals surface area contributed by atoms with Gasteiger partial charge in [0.05, 0.1) is 16.6 Å². The van der Waals surface area contributed by atoms with E-state index in [1.807, 2.05) is 28.8 Å². The number of aromatic nitrogens is 2. The third kappa shape index (κ3) is 4.15. The molecular weight excluding hydrogens is 376 g/mol. The fraction of sp³-hybridized carbons (Fsp3) is 0.364. The van der Waals surface area contributed by atoms with Gasteiger partial charge in [-0.3, -0.25) is 9.36 Å². The molecule has 4 rings (SSSR count). The standard InChI is InChI=1S/C22H23F2N3O2/c23-15-7-8-17(18(24)14-15)21(28)6-3-11-26-12-9-16(10-13-26)27-20-5-2-1-4-19(20)25-22(27)29/h1-2,4-5,7-8,14,16H,3,6,9-13H2,(H,25,29). The Kier molecular flexibility index (Phi) is 5.58. The Bertz CT molecular complexity index is 1080. The zero-order valence-electron chi connectivity index (χ0n) is 16.0. The summed E-state index contributed by atoms with van der Waals surface area (Å²) in [6.07, 6.45) is 2.57. The average Bonchev–Trinajstić information content (AvgIpc) is 3.04. The lowest BCUT2D eigenvalue weighted by Crippen LogP contribution is -2.37. The topological polar surface area (TPSA) is 58.1 Å². The van der Waals surface area contributed by atoms with Crippen molar-refractivity contribution >= 4 is 16.8 Å². The lowest BCUT2D eigenvalue weighted by molar-refractivity contribution is 0.0966. The number of halogens is 2. The summed E-state index contributed by atoms with van der Waals surface area (Å²) in [7, 11) is 0. The van der Waals surface area contributed by atoms with Gasteiger partial charge in [-0.15, -0.1) is 0 Å². The van der Waals surface area contributed by atoms with E-state index in [2.05, 4.69) is 9.88 Å². The van der Waals surface area contributed by atoms with Crippen LogP contribution in [0.3, 0.4) is 0 Å². The van der Waals surface area contributed by atoms with Crippen LogP contribution >= 0.6 is 0 Å². The van der Waals surface area contributed by atoms with Crippen molar-refractivity contribution in [2.75, 3.05) is 19.6 Å². The molecule has 0 unspecified atom stereocenters. The largest absolute Gasteiger partial charge is 0.326 e. The molecule has 0 radical (unpaired) electrons. The number of carbonyl (C=O) groups is 1. The summed E-state index contributed by atoms with van der Waals surface area (Å²) >= 11 is 0. The lowest BCUT2D eigenvalue weighted by atomic mass is 10.0. The predicted octanol–water partition coefficient (Wildman–Crippen LogP) is 3.91. The molecule has 2 heterocycles. The third-order valence-corrected chi connectivity index (χ3v) is 5.66. The molecule has 1 fully saturated rings. The molecule has 5 nitrogen and oxygen atoms in total. The molecule has 1 N–H and O–H groups in total. The summed E-state index contributed by atoms with van der Waals surface area (Å²) in [5, 5.41) is 0. The van der Waals surface area contributed by atoms with Crippen LogP contribution in [-0.4, -0.2) is 39.9 Å². The van der Waals surface area contributed by atoms with Gasteiger partial charge in [0.1, 0.15) is 11.6 Å². The van der Waals surface area contributed by atoms with Crippen molar-refractivity contribution in [1.82, 2.24) is 14.5 Å². The van der Waals surface area contributed by atoms with E-state index >= 15 is 0 Å². The van der Waals surface area contributed by atoms with Crippen LogP contribution in [0.15, 0.2) is 47.3 Å². The summed E-state index contributed by atoms with van der Waals surface area (Å²) < 4.78 is 28.5. The van der Waals surface area contributed by atoms with Crippen molar-refractivity contribution < 1.29 is 13.6 Å². The van der Waals surface area contributed by atoms with Gasteiger partial charge in [-0.25, -0.2) is 13.6 Å².